The Morgan fingerprint density at radius 2 is 1.43 bits per heavy atom. The third-order valence-electron chi connectivity index (χ3n) is 18.2. The van der Waals surface area contributed by atoms with Gasteiger partial charge in [0.1, 0.15) is 30.5 Å². The Labute approximate surface area is 358 Å². The number of rotatable bonds is 9. The van der Waals surface area contributed by atoms with E-state index in [9.17, 15) is 45.3 Å². The molecule has 2 spiro atoms. The zero-order valence-electron chi connectivity index (χ0n) is 37.3. The molecule has 0 aromatic rings. The van der Waals surface area contributed by atoms with Crippen molar-refractivity contribution < 1.29 is 78.5 Å². The van der Waals surface area contributed by atoms with E-state index in [1.54, 1.807) is 13.8 Å². The summed E-state index contributed by atoms with van der Waals surface area (Å²) in [4.78, 5) is 24.5. The molecule has 5 saturated carbocycles. The molecule has 3 aliphatic heterocycles. The third-order valence-corrected chi connectivity index (χ3v) is 18.2. The molecule has 348 valence electrons. The monoisotopic (exact) mass is 868 g/mol. The summed E-state index contributed by atoms with van der Waals surface area (Å²) in [5.74, 6) is -1.67. The maximum Gasteiger partial charge on any atom is 0.303 e. The van der Waals surface area contributed by atoms with Crippen LogP contribution in [0.1, 0.15) is 120 Å². The smallest absolute Gasteiger partial charge is 0.303 e. The van der Waals surface area contributed by atoms with Gasteiger partial charge in [0, 0.05) is 19.8 Å². The van der Waals surface area contributed by atoms with E-state index in [4.69, 9.17) is 33.2 Å². The van der Waals surface area contributed by atoms with Crippen molar-refractivity contribution in [3.63, 3.8) is 0 Å². The van der Waals surface area contributed by atoms with Gasteiger partial charge in [0.15, 0.2) is 24.8 Å². The zero-order chi connectivity index (χ0) is 44.6. The minimum atomic E-state index is -1.63. The molecule has 0 bridgehead atoms. The summed E-state index contributed by atoms with van der Waals surface area (Å²) in [6, 6.07) is 0. The van der Waals surface area contributed by atoms with Crippen LogP contribution in [0.4, 0.5) is 0 Å². The van der Waals surface area contributed by atoms with E-state index in [1.165, 1.54) is 13.8 Å². The summed E-state index contributed by atoms with van der Waals surface area (Å²) in [7, 11) is 0. The standard InChI is InChI=1S/C45H72O16/c1-21(47)56-33-24(50)19-55-38(34(33)57-22(2)48)60-28-11-13-45-20-44(45)15-14-41(7)35(43(9)12-10-29(61-43)40(5,6)54)23(49)17-42(41,8)27(44)16-25(36(45)39(28,3)4)58-37-32(53)31(52)30(51)26(18-46)59-37/h23-38,46,49-54H,10-20H2,1-9H3/t23-,24+,25-,26-,27-,28+,29-,30-,31+,32-,33-,34+,35+,36+,37-,38-,41+,42-,43+,44-,45+/m0/s1. The van der Waals surface area contributed by atoms with Crippen LogP contribution >= 0.6 is 0 Å². The van der Waals surface area contributed by atoms with E-state index < -0.39 is 109 Å². The number of hydrogen-bond acceptors (Lipinski definition) is 16. The van der Waals surface area contributed by atoms with E-state index >= 15 is 0 Å². The van der Waals surface area contributed by atoms with Crippen LogP contribution in [-0.4, -0.2) is 152 Å². The van der Waals surface area contributed by atoms with Gasteiger partial charge in [-0.1, -0.05) is 27.7 Å². The number of hydrogen-bond donors (Lipinski definition) is 7. The number of esters is 2. The molecule has 16 nitrogen and oxygen atoms in total. The first-order valence-electron chi connectivity index (χ1n) is 22.6. The second-order valence-corrected chi connectivity index (χ2v) is 22.2. The maximum absolute atomic E-state index is 12.4. The van der Waals surface area contributed by atoms with Gasteiger partial charge < -0.3 is 68.9 Å². The van der Waals surface area contributed by atoms with Crippen LogP contribution in [0.3, 0.4) is 0 Å². The molecule has 7 N–H and O–H groups in total. The summed E-state index contributed by atoms with van der Waals surface area (Å²) in [6.07, 6.45) is -7.80. The molecule has 0 radical (unpaired) electrons. The van der Waals surface area contributed by atoms with Crippen molar-refractivity contribution in [3.05, 3.63) is 0 Å². The molecule has 8 rings (SSSR count). The summed E-state index contributed by atoms with van der Waals surface area (Å²) in [5, 5.41) is 77.1. The van der Waals surface area contributed by atoms with Crippen molar-refractivity contribution in [1.82, 2.24) is 0 Å². The normalized spacial score (nSPS) is 53.8. The predicted octanol–water partition coefficient (Wildman–Crippen LogP) is 1.87. The van der Waals surface area contributed by atoms with Crippen molar-refractivity contribution >= 4 is 11.9 Å². The van der Waals surface area contributed by atoms with Gasteiger partial charge in [0.05, 0.1) is 48.8 Å². The molecule has 61 heavy (non-hydrogen) atoms. The number of aliphatic hydroxyl groups is 7. The SMILES string of the molecule is CC(=O)O[C@@H]1[C@@H](OC(C)=O)[C@H](O[C@@H]2CC[C@]34C[C@]35CC[C@]3(C)[C@H]([C@@]6(C)CC[C@@H](C(C)(C)O)O6)[C@@H](O)C[C@@]3(C)[C@@H]5C[C@H](O[C@H]3O[C@@H](CO)[C@H](O)[C@@H](O)[C@@H]3O)[C@@H]4C2(C)C)OC[C@H]1O. The number of fused-ring (bicyclic) bond motifs is 2. The second kappa shape index (κ2) is 15.3. The Balaban J connectivity index is 1.15. The second-order valence-electron chi connectivity index (χ2n) is 22.2. The van der Waals surface area contributed by atoms with E-state index in [0.29, 0.717) is 25.7 Å². The molecule has 5 aliphatic carbocycles. The first-order valence-corrected chi connectivity index (χ1v) is 22.6. The minimum Gasteiger partial charge on any atom is -0.455 e. The minimum absolute atomic E-state index is 0.0638. The Bertz CT molecular complexity index is 1680. The lowest BCUT2D eigenvalue weighted by molar-refractivity contribution is -0.339. The molecule has 0 amide bonds. The number of aliphatic hydroxyl groups excluding tert-OH is 6. The summed E-state index contributed by atoms with van der Waals surface area (Å²) in [5.41, 5.74) is -3.46. The topological polar surface area (TPSA) is 240 Å². The van der Waals surface area contributed by atoms with Gasteiger partial charge >= 0.3 is 11.9 Å². The van der Waals surface area contributed by atoms with Gasteiger partial charge in [-0.2, -0.15) is 0 Å². The highest BCUT2D eigenvalue weighted by Crippen LogP contribution is 2.89. The first kappa shape index (κ1) is 46.0. The maximum atomic E-state index is 12.4. The van der Waals surface area contributed by atoms with Gasteiger partial charge in [0.25, 0.3) is 0 Å². The fraction of sp³-hybridized carbons (Fsp3) is 0.956. The molecule has 0 aromatic heterocycles. The zero-order valence-corrected chi connectivity index (χ0v) is 37.3. The largest absolute Gasteiger partial charge is 0.455 e. The van der Waals surface area contributed by atoms with E-state index in [1.807, 2.05) is 0 Å². The molecular formula is C45H72O16. The lowest BCUT2D eigenvalue weighted by Crippen LogP contribution is -2.65. The fourth-order valence-electron chi connectivity index (χ4n) is 15.5. The highest BCUT2D eigenvalue weighted by atomic mass is 16.7. The van der Waals surface area contributed by atoms with Crippen molar-refractivity contribution in [1.29, 1.82) is 0 Å². The van der Waals surface area contributed by atoms with E-state index in [2.05, 4.69) is 34.6 Å². The van der Waals surface area contributed by atoms with Gasteiger partial charge in [-0.15, -0.1) is 0 Å². The van der Waals surface area contributed by atoms with Crippen LogP contribution in [-0.2, 0) is 42.7 Å². The lowest BCUT2D eigenvalue weighted by Gasteiger charge is -2.65. The van der Waals surface area contributed by atoms with E-state index in [0.717, 1.165) is 32.1 Å². The third kappa shape index (κ3) is 6.89. The Hall–Kier alpha value is -1.54. The molecule has 3 heterocycles. The molecule has 8 fully saturated rings. The van der Waals surface area contributed by atoms with Crippen molar-refractivity contribution in [2.24, 2.45) is 44.8 Å². The van der Waals surface area contributed by atoms with Crippen LogP contribution in [0.25, 0.3) is 0 Å². The van der Waals surface area contributed by atoms with Crippen LogP contribution in [0.5, 0.6) is 0 Å². The highest BCUT2D eigenvalue weighted by molar-refractivity contribution is 5.67. The van der Waals surface area contributed by atoms with Crippen molar-refractivity contribution in [3.8, 4) is 0 Å². The lowest BCUT2D eigenvalue weighted by atomic mass is 9.41. The van der Waals surface area contributed by atoms with Crippen LogP contribution in [0.15, 0.2) is 0 Å². The van der Waals surface area contributed by atoms with Gasteiger partial charge in [0.2, 0.25) is 0 Å². The Kier molecular flexibility index (Phi) is 11.5. The summed E-state index contributed by atoms with van der Waals surface area (Å²) in [6.45, 7) is 16.1. The first-order chi connectivity index (χ1) is 28.3. The summed E-state index contributed by atoms with van der Waals surface area (Å²) < 4.78 is 43.6. The molecule has 16 heteroatoms. The molecule has 0 aromatic carbocycles. The summed E-state index contributed by atoms with van der Waals surface area (Å²) >= 11 is 0. The van der Waals surface area contributed by atoms with Crippen LogP contribution < -0.4 is 0 Å². The van der Waals surface area contributed by atoms with Crippen LogP contribution in [0, 0.1) is 44.8 Å². The Morgan fingerprint density at radius 3 is 2.05 bits per heavy atom. The highest BCUT2D eigenvalue weighted by Gasteiger charge is 2.85. The van der Waals surface area contributed by atoms with Gasteiger partial charge in [-0.3, -0.25) is 9.59 Å². The molecule has 21 atom stereocenters. The van der Waals surface area contributed by atoms with Crippen molar-refractivity contribution in [2.75, 3.05) is 13.2 Å². The molecular weight excluding hydrogens is 796 g/mol. The average molecular weight is 869 g/mol. The number of carbonyl (C=O) groups excluding carboxylic acids is 2. The molecule has 3 saturated heterocycles. The van der Waals surface area contributed by atoms with Gasteiger partial charge in [-0.25, -0.2) is 0 Å². The average Bonchev–Trinajstić information content (AvgIpc) is 3.52. The molecule has 8 aliphatic rings. The fourth-order valence-corrected chi connectivity index (χ4v) is 15.5. The van der Waals surface area contributed by atoms with Crippen LogP contribution in [0.2, 0.25) is 0 Å². The predicted molar refractivity (Wildman–Crippen MR) is 213 cm³/mol. The Morgan fingerprint density at radius 1 is 0.754 bits per heavy atom. The number of ether oxygens (including phenoxy) is 7. The van der Waals surface area contributed by atoms with Gasteiger partial charge in [-0.05, 0) is 117 Å². The number of carbonyl (C=O) groups is 2. The molecule has 0 unspecified atom stereocenters. The van der Waals surface area contributed by atoms with Crippen molar-refractivity contribution in [2.45, 2.75) is 211 Å². The van der Waals surface area contributed by atoms with E-state index in [-0.39, 0.29) is 52.1 Å². The quantitative estimate of drug-likeness (QED) is 0.129.